The van der Waals surface area contributed by atoms with Crippen molar-refractivity contribution in [1.29, 1.82) is 0 Å². The molecule has 1 unspecified atom stereocenters. The quantitative estimate of drug-likeness (QED) is 0.543. The first-order valence-corrected chi connectivity index (χ1v) is 4.77. The molecule has 1 rings (SSSR count). The summed E-state index contributed by atoms with van der Waals surface area (Å²) in [5, 5.41) is 0. The van der Waals surface area contributed by atoms with E-state index in [-0.39, 0.29) is 6.04 Å². The van der Waals surface area contributed by atoms with E-state index in [0.717, 1.165) is 6.42 Å². The molecule has 0 fully saturated rings. The Kier molecular flexibility index (Phi) is 4.59. The lowest BCUT2D eigenvalue weighted by Gasteiger charge is -2.15. The van der Waals surface area contributed by atoms with Crippen molar-refractivity contribution in [3.63, 3.8) is 0 Å². The molecular weight excluding hydrogens is 176 g/mol. The van der Waals surface area contributed by atoms with Gasteiger partial charge in [-0.25, -0.2) is 0 Å². The second-order valence-electron chi connectivity index (χ2n) is 3.45. The van der Waals surface area contributed by atoms with Gasteiger partial charge in [-0.3, -0.25) is 11.3 Å². The number of hydrogen-bond acceptors (Lipinski definition) is 3. The molecule has 3 heteroatoms. The predicted octanol–water partition coefficient (Wildman–Crippen LogP) is 1.02. The van der Waals surface area contributed by atoms with Crippen LogP contribution in [0.3, 0.4) is 0 Å². The number of hydrazine groups is 1. The Morgan fingerprint density at radius 3 is 2.71 bits per heavy atom. The number of hydrogen-bond donors (Lipinski definition) is 2. The van der Waals surface area contributed by atoms with Gasteiger partial charge in [0.1, 0.15) is 0 Å². The third kappa shape index (κ3) is 3.10. The molecule has 0 saturated heterocycles. The van der Waals surface area contributed by atoms with Gasteiger partial charge in [0.15, 0.2) is 0 Å². The fourth-order valence-corrected chi connectivity index (χ4v) is 1.47. The number of aryl methyl sites for hydroxylation is 1. The highest BCUT2D eigenvalue weighted by atomic mass is 16.5. The molecule has 3 N–H and O–H groups in total. The smallest absolute Gasteiger partial charge is 0.0632 e. The number of benzene rings is 1. The van der Waals surface area contributed by atoms with E-state index in [0.29, 0.717) is 6.61 Å². The van der Waals surface area contributed by atoms with Crippen LogP contribution in [-0.4, -0.2) is 19.8 Å². The van der Waals surface area contributed by atoms with Crippen LogP contribution in [0.4, 0.5) is 0 Å². The van der Waals surface area contributed by atoms with Crippen molar-refractivity contribution >= 4 is 0 Å². The van der Waals surface area contributed by atoms with Gasteiger partial charge >= 0.3 is 0 Å². The summed E-state index contributed by atoms with van der Waals surface area (Å²) in [6, 6.07) is 8.49. The van der Waals surface area contributed by atoms with Crippen molar-refractivity contribution in [3.8, 4) is 0 Å². The molecule has 0 aromatic heterocycles. The highest BCUT2D eigenvalue weighted by Crippen LogP contribution is 2.09. The molecular formula is C11H18N2O. The van der Waals surface area contributed by atoms with Crippen LogP contribution in [0.1, 0.15) is 11.1 Å². The fraction of sp³-hybridized carbons (Fsp3) is 0.455. The summed E-state index contributed by atoms with van der Waals surface area (Å²) in [6.45, 7) is 2.74. The third-order valence-electron chi connectivity index (χ3n) is 2.33. The van der Waals surface area contributed by atoms with Crippen LogP contribution in [-0.2, 0) is 11.2 Å². The van der Waals surface area contributed by atoms with Gasteiger partial charge in [0.2, 0.25) is 0 Å². The first-order chi connectivity index (χ1) is 6.77. The van der Waals surface area contributed by atoms with Crippen molar-refractivity contribution < 1.29 is 4.74 Å². The van der Waals surface area contributed by atoms with E-state index in [1.54, 1.807) is 7.11 Å². The minimum atomic E-state index is 0.182. The van der Waals surface area contributed by atoms with E-state index in [2.05, 4.69) is 24.5 Å². The van der Waals surface area contributed by atoms with E-state index >= 15 is 0 Å². The molecule has 1 aromatic rings. The van der Waals surface area contributed by atoms with Crippen LogP contribution in [0, 0.1) is 6.92 Å². The molecule has 1 aromatic carbocycles. The maximum atomic E-state index is 5.43. The van der Waals surface area contributed by atoms with Crippen LogP contribution in [0.2, 0.25) is 0 Å². The van der Waals surface area contributed by atoms with Crippen molar-refractivity contribution in [2.75, 3.05) is 13.7 Å². The van der Waals surface area contributed by atoms with E-state index in [4.69, 9.17) is 10.6 Å². The molecule has 14 heavy (non-hydrogen) atoms. The Labute approximate surface area is 85.2 Å². The number of methoxy groups -OCH3 is 1. The molecule has 0 heterocycles. The highest BCUT2D eigenvalue weighted by Gasteiger charge is 2.08. The monoisotopic (exact) mass is 194 g/mol. The fourth-order valence-electron chi connectivity index (χ4n) is 1.47. The van der Waals surface area contributed by atoms with Crippen LogP contribution in [0.15, 0.2) is 24.3 Å². The van der Waals surface area contributed by atoms with E-state index in [1.807, 2.05) is 12.1 Å². The molecule has 0 aliphatic carbocycles. The van der Waals surface area contributed by atoms with Crippen molar-refractivity contribution in [1.82, 2.24) is 5.43 Å². The summed E-state index contributed by atoms with van der Waals surface area (Å²) in [4.78, 5) is 0. The van der Waals surface area contributed by atoms with Crippen molar-refractivity contribution in [3.05, 3.63) is 35.4 Å². The molecule has 0 saturated carbocycles. The topological polar surface area (TPSA) is 47.3 Å². The summed E-state index contributed by atoms with van der Waals surface area (Å²) in [5.41, 5.74) is 5.36. The number of ether oxygens (including phenoxy) is 1. The number of rotatable bonds is 5. The number of nitrogens with two attached hydrogens (primary N) is 1. The molecule has 1 atom stereocenters. The Bertz CT molecular complexity index is 276. The molecule has 0 radical (unpaired) electrons. The first kappa shape index (κ1) is 11.2. The second kappa shape index (κ2) is 5.75. The van der Waals surface area contributed by atoms with Gasteiger partial charge < -0.3 is 4.74 Å². The largest absolute Gasteiger partial charge is 0.383 e. The van der Waals surface area contributed by atoms with Crippen LogP contribution >= 0.6 is 0 Å². The van der Waals surface area contributed by atoms with Gasteiger partial charge in [0, 0.05) is 13.2 Å². The summed E-state index contributed by atoms with van der Waals surface area (Å²) in [5.74, 6) is 5.43. The molecule has 3 nitrogen and oxygen atoms in total. The first-order valence-electron chi connectivity index (χ1n) is 4.77. The van der Waals surface area contributed by atoms with E-state index in [1.165, 1.54) is 11.1 Å². The van der Waals surface area contributed by atoms with Gasteiger partial charge in [-0.15, -0.1) is 0 Å². The van der Waals surface area contributed by atoms with Gasteiger partial charge in [-0.2, -0.15) is 0 Å². The summed E-state index contributed by atoms with van der Waals surface area (Å²) in [6.07, 6.45) is 0.900. The Morgan fingerprint density at radius 2 is 2.14 bits per heavy atom. The highest BCUT2D eigenvalue weighted by molar-refractivity contribution is 5.26. The molecule has 0 bridgehead atoms. The van der Waals surface area contributed by atoms with Gasteiger partial charge in [-0.05, 0) is 24.5 Å². The molecule has 0 aliphatic heterocycles. The minimum absolute atomic E-state index is 0.182. The Hall–Kier alpha value is -0.900. The molecule has 0 spiro atoms. The predicted molar refractivity (Wildman–Crippen MR) is 57.9 cm³/mol. The summed E-state index contributed by atoms with van der Waals surface area (Å²) in [7, 11) is 1.68. The standard InChI is InChI=1S/C11H18N2O/c1-9-5-3-4-6-10(9)7-11(13-12)8-14-2/h3-6,11,13H,7-8,12H2,1-2H3. The number of nitrogens with one attached hydrogen (secondary N) is 1. The van der Waals surface area contributed by atoms with Crippen molar-refractivity contribution in [2.45, 2.75) is 19.4 Å². The maximum Gasteiger partial charge on any atom is 0.0632 e. The zero-order valence-corrected chi connectivity index (χ0v) is 8.79. The third-order valence-corrected chi connectivity index (χ3v) is 2.33. The Balaban J connectivity index is 2.62. The normalized spacial score (nSPS) is 12.8. The van der Waals surface area contributed by atoms with E-state index in [9.17, 15) is 0 Å². The van der Waals surface area contributed by atoms with E-state index < -0.39 is 0 Å². The van der Waals surface area contributed by atoms with Gasteiger partial charge in [-0.1, -0.05) is 24.3 Å². The van der Waals surface area contributed by atoms with Crippen LogP contribution < -0.4 is 11.3 Å². The lowest BCUT2D eigenvalue weighted by molar-refractivity contribution is 0.166. The zero-order chi connectivity index (χ0) is 10.4. The van der Waals surface area contributed by atoms with Crippen molar-refractivity contribution in [2.24, 2.45) is 5.84 Å². The van der Waals surface area contributed by atoms with Crippen LogP contribution in [0.5, 0.6) is 0 Å². The summed E-state index contributed by atoms with van der Waals surface area (Å²) >= 11 is 0. The molecule has 0 aliphatic rings. The maximum absolute atomic E-state index is 5.43. The summed E-state index contributed by atoms with van der Waals surface area (Å²) < 4.78 is 5.06. The Morgan fingerprint density at radius 1 is 1.43 bits per heavy atom. The average Bonchev–Trinajstić information content (AvgIpc) is 2.20. The lowest BCUT2D eigenvalue weighted by atomic mass is 10.0. The second-order valence-corrected chi connectivity index (χ2v) is 3.45. The minimum Gasteiger partial charge on any atom is -0.383 e. The van der Waals surface area contributed by atoms with Crippen LogP contribution in [0.25, 0.3) is 0 Å². The SMILES string of the molecule is COCC(Cc1ccccc1C)NN. The van der Waals surface area contributed by atoms with Gasteiger partial charge in [0.25, 0.3) is 0 Å². The average molecular weight is 194 g/mol. The zero-order valence-electron chi connectivity index (χ0n) is 8.79. The molecule has 0 amide bonds. The lowest BCUT2D eigenvalue weighted by Crippen LogP contribution is -2.40. The van der Waals surface area contributed by atoms with Gasteiger partial charge in [0.05, 0.1) is 6.61 Å². The molecule has 78 valence electrons.